The average molecular weight is 346 g/mol. The van der Waals surface area contributed by atoms with Crippen molar-refractivity contribution in [1.82, 2.24) is 5.32 Å². The van der Waals surface area contributed by atoms with E-state index in [0.29, 0.717) is 35.9 Å². The molecule has 1 aromatic rings. The highest BCUT2D eigenvalue weighted by Crippen LogP contribution is 2.23. The number of ether oxygens (including phenoxy) is 1. The fourth-order valence-corrected chi connectivity index (χ4v) is 2.68. The van der Waals surface area contributed by atoms with Crippen molar-refractivity contribution in [2.45, 2.75) is 31.2 Å². The Balaban J connectivity index is 1.82. The van der Waals surface area contributed by atoms with Gasteiger partial charge in [0.1, 0.15) is 0 Å². The Morgan fingerprint density at radius 2 is 2.09 bits per heavy atom. The second kappa shape index (κ2) is 7.31. The molecule has 7 heteroatoms. The molecular weight excluding hydrogens is 329 g/mol. The monoisotopic (exact) mass is 345 g/mol. The predicted octanol–water partition coefficient (Wildman–Crippen LogP) is 2.68. The van der Waals surface area contributed by atoms with Crippen LogP contribution in [0.4, 0.5) is 0 Å². The lowest BCUT2D eigenvalue weighted by atomic mass is 9.98. The molecule has 0 aromatic heterocycles. The highest BCUT2D eigenvalue weighted by Gasteiger charge is 2.43. The molecule has 120 valence electrons. The first-order valence-corrected chi connectivity index (χ1v) is 7.75. The average Bonchev–Trinajstić information content (AvgIpc) is 2.92. The maximum Gasteiger partial charge on any atom is 0.331 e. The summed E-state index contributed by atoms with van der Waals surface area (Å²) in [6.07, 6.45) is 1.80. The number of hydrogen-bond donors (Lipinski definition) is 2. The van der Waals surface area contributed by atoms with Crippen molar-refractivity contribution >= 4 is 35.1 Å². The van der Waals surface area contributed by atoms with Gasteiger partial charge < -0.3 is 15.2 Å². The van der Waals surface area contributed by atoms with E-state index in [-0.39, 0.29) is 18.9 Å². The number of carboxylic acid groups (broad SMARTS) is 1. The summed E-state index contributed by atoms with van der Waals surface area (Å²) in [6.45, 7) is 0.358. The van der Waals surface area contributed by atoms with E-state index < -0.39 is 11.5 Å². The SMILES string of the molecule is O=C(CCCc1ccc(Cl)c(Cl)c1)NC1(C(=O)O)CCOC1. The van der Waals surface area contributed by atoms with Gasteiger partial charge >= 0.3 is 5.97 Å². The smallest absolute Gasteiger partial charge is 0.331 e. The molecule has 1 fully saturated rings. The summed E-state index contributed by atoms with van der Waals surface area (Å²) in [5, 5.41) is 12.8. The van der Waals surface area contributed by atoms with Crippen LogP contribution in [0.15, 0.2) is 18.2 Å². The summed E-state index contributed by atoms with van der Waals surface area (Å²) in [5.74, 6) is -1.34. The largest absolute Gasteiger partial charge is 0.479 e. The molecule has 0 aliphatic carbocycles. The summed E-state index contributed by atoms with van der Waals surface area (Å²) in [5.41, 5.74) is -0.292. The molecular formula is C15H17Cl2NO4. The lowest BCUT2D eigenvalue weighted by Gasteiger charge is -2.23. The van der Waals surface area contributed by atoms with E-state index in [2.05, 4.69) is 5.32 Å². The van der Waals surface area contributed by atoms with E-state index in [4.69, 9.17) is 27.9 Å². The van der Waals surface area contributed by atoms with Gasteiger partial charge in [-0.1, -0.05) is 29.3 Å². The molecule has 2 rings (SSSR count). The first kappa shape index (κ1) is 17.1. The number of amides is 1. The molecule has 1 aromatic carbocycles. The number of benzene rings is 1. The standard InChI is InChI=1S/C15H17Cl2NO4/c16-11-5-4-10(8-12(11)17)2-1-3-13(19)18-15(14(20)21)6-7-22-9-15/h4-5,8H,1-3,6-7,9H2,(H,18,19)(H,20,21). The van der Waals surface area contributed by atoms with Crippen LogP contribution in [-0.2, 0) is 20.7 Å². The molecule has 0 bridgehead atoms. The van der Waals surface area contributed by atoms with Gasteiger partial charge in [0.05, 0.1) is 16.7 Å². The Kier molecular flexibility index (Phi) is 5.67. The lowest BCUT2D eigenvalue weighted by molar-refractivity contribution is -0.147. The van der Waals surface area contributed by atoms with Gasteiger partial charge in [0.25, 0.3) is 0 Å². The van der Waals surface area contributed by atoms with E-state index >= 15 is 0 Å². The maximum absolute atomic E-state index is 11.9. The summed E-state index contributed by atoms with van der Waals surface area (Å²) >= 11 is 11.8. The fourth-order valence-electron chi connectivity index (χ4n) is 2.36. The highest BCUT2D eigenvalue weighted by molar-refractivity contribution is 6.42. The molecule has 1 saturated heterocycles. The van der Waals surface area contributed by atoms with E-state index in [1.54, 1.807) is 12.1 Å². The Hall–Kier alpha value is -1.30. The highest BCUT2D eigenvalue weighted by atomic mass is 35.5. The van der Waals surface area contributed by atoms with Gasteiger partial charge in [0.15, 0.2) is 5.54 Å². The topological polar surface area (TPSA) is 75.6 Å². The van der Waals surface area contributed by atoms with Crippen molar-refractivity contribution in [3.63, 3.8) is 0 Å². The molecule has 1 aliphatic rings. The number of hydrogen-bond acceptors (Lipinski definition) is 3. The van der Waals surface area contributed by atoms with Crippen LogP contribution in [0.3, 0.4) is 0 Å². The molecule has 22 heavy (non-hydrogen) atoms. The van der Waals surface area contributed by atoms with Gasteiger partial charge in [-0.25, -0.2) is 4.79 Å². The number of nitrogens with one attached hydrogen (secondary N) is 1. The Morgan fingerprint density at radius 1 is 1.32 bits per heavy atom. The van der Waals surface area contributed by atoms with Gasteiger partial charge in [-0.2, -0.15) is 0 Å². The van der Waals surface area contributed by atoms with Crippen molar-refractivity contribution in [1.29, 1.82) is 0 Å². The molecule has 1 unspecified atom stereocenters. The quantitative estimate of drug-likeness (QED) is 0.830. The van der Waals surface area contributed by atoms with Crippen LogP contribution in [0.2, 0.25) is 10.0 Å². The van der Waals surface area contributed by atoms with Gasteiger partial charge in [-0.3, -0.25) is 4.79 Å². The summed E-state index contributed by atoms with van der Waals surface area (Å²) in [6, 6.07) is 5.34. The van der Waals surface area contributed by atoms with Crippen LogP contribution in [-0.4, -0.2) is 35.7 Å². The molecule has 2 N–H and O–H groups in total. The normalized spacial score (nSPS) is 20.8. The van der Waals surface area contributed by atoms with E-state index in [9.17, 15) is 14.7 Å². The van der Waals surface area contributed by atoms with Crippen LogP contribution in [0.25, 0.3) is 0 Å². The Bertz CT molecular complexity index is 571. The van der Waals surface area contributed by atoms with Crippen molar-refractivity contribution in [3.8, 4) is 0 Å². The Morgan fingerprint density at radius 3 is 2.68 bits per heavy atom. The number of carbonyl (C=O) groups is 2. The Labute approximate surface area is 138 Å². The number of aliphatic carboxylic acids is 1. The zero-order chi connectivity index (χ0) is 16.2. The van der Waals surface area contributed by atoms with Crippen LogP contribution < -0.4 is 5.32 Å². The number of carboxylic acids is 1. The number of aryl methyl sites for hydroxylation is 1. The predicted molar refractivity (Wildman–Crippen MR) is 83.3 cm³/mol. The minimum Gasteiger partial charge on any atom is -0.479 e. The van der Waals surface area contributed by atoms with Gasteiger partial charge in [-0.05, 0) is 30.5 Å². The summed E-state index contributed by atoms with van der Waals surface area (Å²) in [7, 11) is 0. The number of halogens is 2. The fraction of sp³-hybridized carbons (Fsp3) is 0.467. The van der Waals surface area contributed by atoms with Crippen LogP contribution >= 0.6 is 23.2 Å². The molecule has 0 saturated carbocycles. The van der Waals surface area contributed by atoms with Crippen LogP contribution in [0, 0.1) is 0 Å². The minimum absolute atomic E-state index is 0.0147. The second-order valence-electron chi connectivity index (χ2n) is 5.34. The van der Waals surface area contributed by atoms with E-state index in [1.807, 2.05) is 6.07 Å². The summed E-state index contributed by atoms with van der Waals surface area (Å²) < 4.78 is 5.10. The van der Waals surface area contributed by atoms with Crippen LogP contribution in [0.5, 0.6) is 0 Å². The molecule has 1 atom stereocenters. The minimum atomic E-state index is -1.28. The molecule has 1 aliphatic heterocycles. The first-order chi connectivity index (χ1) is 10.4. The van der Waals surface area contributed by atoms with E-state index in [1.165, 1.54) is 0 Å². The van der Waals surface area contributed by atoms with E-state index in [0.717, 1.165) is 5.56 Å². The number of rotatable bonds is 6. The maximum atomic E-state index is 11.9. The van der Waals surface area contributed by atoms with Crippen LogP contribution in [0.1, 0.15) is 24.8 Å². The molecule has 1 amide bonds. The van der Waals surface area contributed by atoms with Crippen molar-refractivity contribution in [2.24, 2.45) is 0 Å². The number of carbonyl (C=O) groups excluding carboxylic acids is 1. The molecule has 0 spiro atoms. The third-order valence-electron chi connectivity index (χ3n) is 3.66. The molecule has 1 heterocycles. The van der Waals surface area contributed by atoms with Gasteiger partial charge in [0.2, 0.25) is 5.91 Å². The molecule has 5 nitrogen and oxygen atoms in total. The first-order valence-electron chi connectivity index (χ1n) is 6.99. The second-order valence-corrected chi connectivity index (χ2v) is 6.15. The third-order valence-corrected chi connectivity index (χ3v) is 4.40. The zero-order valence-corrected chi connectivity index (χ0v) is 13.4. The van der Waals surface area contributed by atoms with Gasteiger partial charge in [-0.15, -0.1) is 0 Å². The molecule has 0 radical (unpaired) electrons. The lowest BCUT2D eigenvalue weighted by Crippen LogP contribution is -2.55. The zero-order valence-electron chi connectivity index (χ0n) is 11.9. The third kappa shape index (κ3) is 4.12. The van der Waals surface area contributed by atoms with Gasteiger partial charge in [0, 0.05) is 19.4 Å². The van der Waals surface area contributed by atoms with Crippen molar-refractivity contribution in [3.05, 3.63) is 33.8 Å². The summed E-state index contributed by atoms with van der Waals surface area (Å²) in [4.78, 5) is 23.2. The van der Waals surface area contributed by atoms with Crippen molar-refractivity contribution < 1.29 is 19.4 Å². The van der Waals surface area contributed by atoms with Crippen molar-refractivity contribution in [2.75, 3.05) is 13.2 Å².